The number of carbonyl (C=O) groups excluding carboxylic acids is 2. The number of allylic oxidation sites excluding steroid dienone is 2. The highest BCUT2D eigenvalue weighted by Gasteiger charge is 2.15. The van der Waals surface area contributed by atoms with Crippen LogP contribution in [0.3, 0.4) is 0 Å². The van der Waals surface area contributed by atoms with Crippen molar-refractivity contribution in [2.45, 2.75) is 32.6 Å². The molecule has 1 aromatic rings. The van der Waals surface area contributed by atoms with Gasteiger partial charge >= 0.3 is 5.97 Å². The number of thioether (sulfide) groups is 1. The van der Waals surface area contributed by atoms with Crippen molar-refractivity contribution >= 4 is 35.1 Å². The summed E-state index contributed by atoms with van der Waals surface area (Å²) < 4.78 is 0. The van der Waals surface area contributed by atoms with E-state index >= 15 is 0 Å². The van der Waals surface area contributed by atoms with Crippen molar-refractivity contribution in [2.75, 3.05) is 5.75 Å². The van der Waals surface area contributed by atoms with E-state index in [2.05, 4.69) is 5.48 Å². The summed E-state index contributed by atoms with van der Waals surface area (Å²) in [7, 11) is 0. The van der Waals surface area contributed by atoms with Gasteiger partial charge in [0, 0.05) is 15.7 Å². The summed E-state index contributed by atoms with van der Waals surface area (Å²) in [5.74, 6) is -0.352. The quantitative estimate of drug-likeness (QED) is 0.415. The number of halogens is 1. The van der Waals surface area contributed by atoms with E-state index in [1.165, 1.54) is 0 Å². The Morgan fingerprint density at radius 1 is 1.29 bits per heavy atom. The molecular formula is C18H22ClNO3S. The fourth-order valence-electron chi connectivity index (χ4n) is 1.50. The van der Waals surface area contributed by atoms with Gasteiger partial charge in [-0.3, -0.25) is 4.79 Å². The standard InChI is InChI=1S/C18H22ClNO3S/c1-5-13(4)17(21)16(20-23-18(22)12(2)3)10-11-24-15-8-6-14(19)7-9-15/h5-10,12,20H,11H2,1-4H3/b13-5+,16-10-. The van der Waals surface area contributed by atoms with Gasteiger partial charge in [-0.2, -0.15) is 0 Å². The van der Waals surface area contributed by atoms with Crippen LogP contribution in [0.25, 0.3) is 0 Å². The first kappa shape index (κ1) is 20.3. The van der Waals surface area contributed by atoms with Crippen LogP contribution in [0.5, 0.6) is 0 Å². The van der Waals surface area contributed by atoms with Crippen LogP contribution in [0, 0.1) is 5.92 Å². The van der Waals surface area contributed by atoms with E-state index in [0.717, 1.165) is 4.90 Å². The second-order valence-electron chi connectivity index (χ2n) is 5.36. The lowest BCUT2D eigenvalue weighted by Crippen LogP contribution is -2.27. The Morgan fingerprint density at radius 3 is 2.46 bits per heavy atom. The molecule has 1 N–H and O–H groups in total. The zero-order valence-electron chi connectivity index (χ0n) is 14.3. The summed E-state index contributed by atoms with van der Waals surface area (Å²) >= 11 is 7.40. The highest BCUT2D eigenvalue weighted by atomic mass is 35.5. The predicted octanol–water partition coefficient (Wildman–Crippen LogP) is 4.56. The maximum absolute atomic E-state index is 12.3. The summed E-state index contributed by atoms with van der Waals surface area (Å²) in [5, 5.41) is 0.678. The van der Waals surface area contributed by atoms with Crippen molar-refractivity contribution in [1.29, 1.82) is 0 Å². The Kier molecular flexibility index (Phi) is 8.65. The van der Waals surface area contributed by atoms with E-state index in [1.54, 1.807) is 51.6 Å². The molecule has 0 unspecified atom stereocenters. The monoisotopic (exact) mass is 367 g/mol. The smallest absolute Gasteiger partial charge is 0.334 e. The SMILES string of the molecule is C/C=C(\C)C(=O)/C(=C/CSc1ccc(Cl)cc1)NOC(=O)C(C)C. The van der Waals surface area contributed by atoms with Gasteiger partial charge in [0.05, 0.1) is 5.92 Å². The molecule has 0 aliphatic carbocycles. The average molecular weight is 368 g/mol. The fraction of sp³-hybridized carbons (Fsp3) is 0.333. The summed E-state index contributed by atoms with van der Waals surface area (Å²) in [6.07, 6.45) is 3.43. The van der Waals surface area contributed by atoms with Crippen LogP contribution in [-0.2, 0) is 14.4 Å². The Bertz CT molecular complexity index is 636. The van der Waals surface area contributed by atoms with E-state index in [9.17, 15) is 9.59 Å². The van der Waals surface area contributed by atoms with Crippen LogP contribution in [0.2, 0.25) is 5.02 Å². The molecule has 1 rings (SSSR count). The zero-order valence-corrected chi connectivity index (χ0v) is 15.8. The third-order valence-corrected chi connectivity index (χ3v) is 4.31. The van der Waals surface area contributed by atoms with Crippen molar-refractivity contribution in [3.05, 3.63) is 52.7 Å². The highest BCUT2D eigenvalue weighted by molar-refractivity contribution is 7.99. The molecule has 0 bridgehead atoms. The van der Waals surface area contributed by atoms with E-state index in [4.69, 9.17) is 16.4 Å². The molecule has 0 amide bonds. The Hall–Kier alpha value is -1.72. The van der Waals surface area contributed by atoms with Gasteiger partial charge in [0.15, 0.2) is 0 Å². The number of carbonyl (C=O) groups is 2. The van der Waals surface area contributed by atoms with Crippen molar-refractivity contribution in [3.8, 4) is 0 Å². The minimum atomic E-state index is -0.419. The Labute approximate surface area is 152 Å². The molecule has 4 nitrogen and oxygen atoms in total. The lowest BCUT2D eigenvalue weighted by Gasteiger charge is -2.12. The summed E-state index contributed by atoms with van der Waals surface area (Å²) in [6, 6.07) is 7.44. The third kappa shape index (κ3) is 6.81. The van der Waals surface area contributed by atoms with Gasteiger partial charge < -0.3 is 4.84 Å². The van der Waals surface area contributed by atoms with Crippen molar-refractivity contribution in [2.24, 2.45) is 5.92 Å². The van der Waals surface area contributed by atoms with E-state index in [1.807, 2.05) is 24.3 Å². The van der Waals surface area contributed by atoms with Gasteiger partial charge in [-0.05, 0) is 49.8 Å². The average Bonchev–Trinajstić information content (AvgIpc) is 2.57. The number of hydroxylamine groups is 1. The lowest BCUT2D eigenvalue weighted by molar-refractivity contribution is -0.153. The topological polar surface area (TPSA) is 55.4 Å². The first-order valence-corrected chi connectivity index (χ1v) is 8.94. The second-order valence-corrected chi connectivity index (χ2v) is 6.89. The molecule has 130 valence electrons. The predicted molar refractivity (Wildman–Crippen MR) is 98.8 cm³/mol. The van der Waals surface area contributed by atoms with Gasteiger partial charge in [-0.25, -0.2) is 10.3 Å². The van der Waals surface area contributed by atoms with Crippen LogP contribution in [0.15, 0.2) is 52.6 Å². The van der Waals surface area contributed by atoms with Crippen molar-refractivity contribution < 1.29 is 14.4 Å². The molecule has 0 radical (unpaired) electrons. The molecule has 0 aromatic heterocycles. The molecule has 0 heterocycles. The summed E-state index contributed by atoms with van der Waals surface area (Å²) in [4.78, 5) is 29.9. The first-order valence-electron chi connectivity index (χ1n) is 7.58. The minimum Gasteiger partial charge on any atom is -0.343 e. The lowest BCUT2D eigenvalue weighted by atomic mass is 10.1. The number of rotatable bonds is 8. The molecule has 1 aromatic carbocycles. The van der Waals surface area contributed by atoms with Crippen LogP contribution >= 0.6 is 23.4 Å². The minimum absolute atomic E-state index is 0.203. The maximum atomic E-state index is 12.3. The third-order valence-electron chi connectivity index (χ3n) is 3.12. The van der Waals surface area contributed by atoms with Crippen LogP contribution in [0.4, 0.5) is 0 Å². The van der Waals surface area contributed by atoms with Crippen LogP contribution in [-0.4, -0.2) is 17.5 Å². The van der Waals surface area contributed by atoms with Crippen LogP contribution in [0.1, 0.15) is 27.7 Å². The van der Waals surface area contributed by atoms with Gasteiger partial charge in [-0.15, -0.1) is 11.8 Å². The van der Waals surface area contributed by atoms with Crippen molar-refractivity contribution in [3.63, 3.8) is 0 Å². The molecular weight excluding hydrogens is 346 g/mol. The molecule has 0 atom stereocenters. The summed E-state index contributed by atoms with van der Waals surface area (Å²) in [5.41, 5.74) is 3.32. The summed E-state index contributed by atoms with van der Waals surface area (Å²) in [6.45, 7) is 6.95. The highest BCUT2D eigenvalue weighted by Crippen LogP contribution is 2.21. The van der Waals surface area contributed by atoms with Gasteiger partial charge in [-0.1, -0.05) is 31.5 Å². The molecule has 0 spiro atoms. The normalized spacial score (nSPS) is 12.2. The van der Waals surface area contributed by atoms with Gasteiger partial charge in [0.25, 0.3) is 0 Å². The van der Waals surface area contributed by atoms with E-state index in [-0.39, 0.29) is 17.4 Å². The van der Waals surface area contributed by atoms with E-state index < -0.39 is 5.97 Å². The number of nitrogens with one attached hydrogen (secondary N) is 1. The molecule has 0 fully saturated rings. The Balaban J connectivity index is 2.77. The largest absolute Gasteiger partial charge is 0.343 e. The molecule has 0 saturated carbocycles. The zero-order chi connectivity index (χ0) is 18.1. The van der Waals surface area contributed by atoms with E-state index in [0.29, 0.717) is 16.3 Å². The number of hydrogen-bond donors (Lipinski definition) is 1. The molecule has 0 aliphatic rings. The molecule has 0 saturated heterocycles. The van der Waals surface area contributed by atoms with Crippen molar-refractivity contribution in [1.82, 2.24) is 5.48 Å². The molecule has 24 heavy (non-hydrogen) atoms. The second kappa shape index (κ2) is 10.2. The van der Waals surface area contributed by atoms with Gasteiger partial charge in [0.1, 0.15) is 5.70 Å². The fourth-order valence-corrected chi connectivity index (χ4v) is 2.40. The number of ketones is 1. The first-order chi connectivity index (χ1) is 11.3. The number of benzene rings is 1. The maximum Gasteiger partial charge on any atom is 0.334 e. The number of hydrogen-bond acceptors (Lipinski definition) is 5. The van der Waals surface area contributed by atoms with Crippen LogP contribution < -0.4 is 5.48 Å². The Morgan fingerprint density at radius 2 is 1.92 bits per heavy atom. The van der Waals surface area contributed by atoms with Gasteiger partial charge in [0.2, 0.25) is 5.78 Å². The molecule has 6 heteroatoms. The number of Topliss-reactive ketones (excluding diaryl/α,β-unsaturated/α-hetero) is 1. The molecule has 0 aliphatic heterocycles.